The Morgan fingerprint density at radius 1 is 1.80 bits per heavy atom. The lowest BCUT2D eigenvalue weighted by molar-refractivity contribution is 0.632. The molecule has 1 nitrogen and oxygen atoms in total. The zero-order chi connectivity index (χ0) is 2.99. The first-order valence-corrected chi connectivity index (χ1v) is 2.48. The van der Waals surface area contributed by atoms with Crippen LogP contribution in [0.25, 0.3) is 0 Å². The van der Waals surface area contributed by atoms with Crippen molar-refractivity contribution in [3.63, 3.8) is 0 Å². The average Bonchev–Trinajstić information content (AvgIpc) is 1.75. The van der Waals surface area contributed by atoms with Crippen LogP contribution in [-0.2, 0) is 4.43 Å². The van der Waals surface area contributed by atoms with Gasteiger partial charge in [-0.1, -0.05) is 6.58 Å². The monoisotopic (exact) mass is 104 g/mol. The number of rotatable bonds is 0. The van der Waals surface area contributed by atoms with Crippen LogP contribution in [-0.4, -0.2) is 20.7 Å². The lowest BCUT2D eigenvalue weighted by Crippen LogP contribution is -1.31. The third-order valence-corrected chi connectivity index (χ3v) is 1.05. The van der Waals surface area contributed by atoms with Crippen LogP contribution in [0.15, 0.2) is 12.0 Å². The highest BCUT2D eigenvalue weighted by Gasteiger charge is 2.07. The molecule has 1 aliphatic rings. The normalized spacial score (nSPS) is 20.4. The van der Waals surface area contributed by atoms with Crippen LogP contribution in [0.1, 0.15) is 0 Å². The van der Waals surface area contributed by atoms with E-state index >= 15 is 0 Å². The van der Waals surface area contributed by atoms with Gasteiger partial charge in [0.05, 0.1) is 5.38 Å². The molecule has 30 valence electrons. The van der Waals surface area contributed by atoms with E-state index in [1.165, 1.54) is 0 Å². The summed E-state index contributed by atoms with van der Waals surface area (Å²) in [6.45, 7) is 3.51. The Labute approximate surface area is 38.0 Å². The quantitative estimate of drug-likeness (QED) is 0.259. The minimum absolute atomic E-state index is 0. The van der Waals surface area contributed by atoms with Crippen LogP contribution < -0.4 is 0 Å². The van der Waals surface area contributed by atoms with Crippen molar-refractivity contribution in [2.75, 3.05) is 0 Å². The van der Waals surface area contributed by atoms with Gasteiger partial charge in [0.25, 0.3) is 9.76 Å². The van der Waals surface area contributed by atoms with E-state index < -0.39 is 0 Å². The zero-order valence-corrected chi connectivity index (χ0v) is 3.74. The third-order valence-electron chi connectivity index (χ3n) is 0.348. The molecule has 0 aliphatic carbocycles. The molecule has 0 amide bonds. The smallest absolute Gasteiger partial charge is 0.285 e. The predicted molar refractivity (Wildman–Crippen MR) is 30.1 cm³/mol. The van der Waals surface area contributed by atoms with Crippen molar-refractivity contribution >= 4 is 20.7 Å². The Kier molecular flexibility index (Phi) is 1.41. The molecule has 1 saturated heterocycles. The average molecular weight is 104 g/mol. The molecule has 0 radical (unpaired) electrons. The number of hydrogen-bond acceptors (Lipinski definition) is 1. The van der Waals surface area contributed by atoms with Crippen molar-refractivity contribution in [3.8, 4) is 0 Å². The van der Waals surface area contributed by atoms with Gasteiger partial charge in [-0.05, 0) is 11.0 Å². The summed E-state index contributed by atoms with van der Waals surface area (Å²) in [5.41, 5.74) is 0. The second kappa shape index (κ2) is 1.42. The Hall–Kier alpha value is -0.0262. The van der Waals surface area contributed by atoms with E-state index in [9.17, 15) is 0 Å². The lowest BCUT2D eigenvalue weighted by atomic mass is 11.2. The van der Waals surface area contributed by atoms with Crippen molar-refractivity contribution in [1.82, 2.24) is 0 Å². The van der Waals surface area contributed by atoms with E-state index in [0.29, 0.717) is 0 Å². The molecule has 1 rings (SSSR count). The summed E-state index contributed by atoms with van der Waals surface area (Å²) in [5, 5.41) is 1.06. The van der Waals surface area contributed by atoms with Gasteiger partial charge in [0.1, 0.15) is 0 Å². The van der Waals surface area contributed by atoms with Gasteiger partial charge in [-0.25, -0.2) is 0 Å². The maximum absolute atomic E-state index is 4.65. The fourth-order valence-electron chi connectivity index (χ4n) is 0.0510. The van der Waals surface area contributed by atoms with Gasteiger partial charge in [-0.3, -0.25) is 0 Å². The van der Waals surface area contributed by atoms with E-state index in [1.54, 1.807) is 0 Å². The first kappa shape index (κ1) is 4.97. The third kappa shape index (κ3) is 1.75. The van der Waals surface area contributed by atoms with Gasteiger partial charge in [-0.2, -0.15) is 0 Å². The molecule has 0 unspecified atom stereocenters. The SMILES string of the molecule is C=C1O[SiH2]1.[SiH4]. The molecule has 1 fully saturated rings. The van der Waals surface area contributed by atoms with Crippen LogP contribution in [0.5, 0.6) is 0 Å². The highest BCUT2D eigenvalue weighted by molar-refractivity contribution is 6.48. The summed E-state index contributed by atoms with van der Waals surface area (Å²) in [6.07, 6.45) is 0. The summed E-state index contributed by atoms with van der Waals surface area (Å²) in [5.74, 6) is 0. The summed E-state index contributed by atoms with van der Waals surface area (Å²) < 4.78 is 4.65. The largest absolute Gasteiger partial charge is 0.546 e. The molecule has 1 aliphatic heterocycles. The second-order valence-electron chi connectivity index (χ2n) is 0.827. The van der Waals surface area contributed by atoms with Gasteiger partial charge in [0.15, 0.2) is 0 Å². The van der Waals surface area contributed by atoms with Crippen molar-refractivity contribution in [2.24, 2.45) is 0 Å². The minimum atomic E-state index is -0.103. The van der Waals surface area contributed by atoms with Crippen LogP contribution in [0.4, 0.5) is 0 Å². The minimum Gasteiger partial charge on any atom is -0.546 e. The fourth-order valence-corrected chi connectivity index (χ4v) is 0.153. The summed E-state index contributed by atoms with van der Waals surface area (Å²) in [7, 11) is -0.103. The number of hydrogen-bond donors (Lipinski definition) is 0. The highest BCUT2D eigenvalue weighted by atomic mass is 28.2. The first-order chi connectivity index (χ1) is 1.89. The van der Waals surface area contributed by atoms with Gasteiger partial charge in [0.2, 0.25) is 0 Å². The molecule has 0 saturated carbocycles. The molecule has 0 N–H and O–H groups in total. The van der Waals surface area contributed by atoms with Crippen LogP contribution >= 0.6 is 0 Å². The van der Waals surface area contributed by atoms with Gasteiger partial charge in [0, 0.05) is 0 Å². The van der Waals surface area contributed by atoms with E-state index in [4.69, 9.17) is 0 Å². The van der Waals surface area contributed by atoms with Crippen molar-refractivity contribution in [2.45, 2.75) is 0 Å². The van der Waals surface area contributed by atoms with Gasteiger partial charge in [-0.15, -0.1) is 0 Å². The van der Waals surface area contributed by atoms with E-state index in [2.05, 4.69) is 11.0 Å². The molecular formula is C2H8OSi2. The fraction of sp³-hybridized carbons (Fsp3) is 0. The molecule has 0 bridgehead atoms. The second-order valence-corrected chi connectivity index (χ2v) is 2.19. The Balaban J connectivity index is 0.000000160. The van der Waals surface area contributed by atoms with Crippen molar-refractivity contribution < 1.29 is 4.43 Å². The summed E-state index contributed by atoms with van der Waals surface area (Å²) in [4.78, 5) is 0. The molecule has 0 aromatic heterocycles. The van der Waals surface area contributed by atoms with Crippen LogP contribution in [0.2, 0.25) is 0 Å². The molecular weight excluding hydrogens is 96.2 g/mol. The lowest BCUT2D eigenvalue weighted by Gasteiger charge is -1.43. The van der Waals surface area contributed by atoms with Crippen LogP contribution in [0, 0.1) is 0 Å². The molecule has 0 aromatic rings. The maximum Gasteiger partial charge on any atom is 0.285 e. The molecule has 0 atom stereocenters. The van der Waals surface area contributed by atoms with E-state index in [-0.39, 0.29) is 20.7 Å². The van der Waals surface area contributed by atoms with Gasteiger partial charge >= 0.3 is 0 Å². The first-order valence-electron chi connectivity index (χ1n) is 1.20. The summed E-state index contributed by atoms with van der Waals surface area (Å²) >= 11 is 0. The standard InChI is InChI=1S/C2H4OSi.H4Si/c1-2-3-4-2;/h1,4H2;1H4. The van der Waals surface area contributed by atoms with Crippen LogP contribution in [0.3, 0.4) is 0 Å². The Bertz CT molecular complexity index is 45.6. The van der Waals surface area contributed by atoms with E-state index in [0.717, 1.165) is 5.38 Å². The molecule has 5 heavy (non-hydrogen) atoms. The molecule has 1 heterocycles. The molecule has 0 aromatic carbocycles. The Morgan fingerprint density at radius 2 is 2.00 bits per heavy atom. The Morgan fingerprint density at radius 3 is 2.00 bits per heavy atom. The zero-order valence-electron chi connectivity index (χ0n) is 2.32. The summed E-state index contributed by atoms with van der Waals surface area (Å²) in [6, 6.07) is 0. The van der Waals surface area contributed by atoms with Gasteiger partial charge < -0.3 is 4.43 Å². The van der Waals surface area contributed by atoms with E-state index in [1.807, 2.05) is 0 Å². The molecule has 3 heteroatoms. The molecule has 0 spiro atoms. The highest BCUT2D eigenvalue weighted by Crippen LogP contribution is 2.03. The topological polar surface area (TPSA) is 12.5 Å². The predicted octanol–water partition coefficient (Wildman–Crippen LogP) is -1.88. The maximum atomic E-state index is 4.65. The van der Waals surface area contributed by atoms with Crippen molar-refractivity contribution in [1.29, 1.82) is 0 Å². The van der Waals surface area contributed by atoms with Crippen molar-refractivity contribution in [3.05, 3.63) is 12.0 Å².